The van der Waals surface area contributed by atoms with Crippen LogP contribution < -0.4 is 20.1 Å². The molecule has 0 bridgehead atoms. The standard InChI is InChI=1S/C23H23FN2O3/c1-28-21-10-17(11-22(14-21)29-2)15-25-19-8-6-16(7-9-19)12-23(27)26-20-5-3-4-18(24)13-20/h3-11,13-14,25H,12,15H2,1-2H3,(H,26,27). The monoisotopic (exact) mass is 394 g/mol. The van der Waals surface area contributed by atoms with Crippen LogP contribution in [0.5, 0.6) is 11.5 Å². The minimum atomic E-state index is -0.383. The van der Waals surface area contributed by atoms with E-state index in [2.05, 4.69) is 10.6 Å². The maximum absolute atomic E-state index is 13.2. The molecule has 0 fully saturated rings. The Morgan fingerprint density at radius 3 is 2.17 bits per heavy atom. The molecule has 0 saturated heterocycles. The number of rotatable bonds is 8. The Labute approximate surface area is 169 Å². The van der Waals surface area contributed by atoms with Gasteiger partial charge in [0.1, 0.15) is 17.3 Å². The molecule has 0 aliphatic rings. The predicted octanol–water partition coefficient (Wildman–Crippen LogP) is 4.64. The quantitative estimate of drug-likeness (QED) is 0.585. The number of carbonyl (C=O) groups is 1. The van der Waals surface area contributed by atoms with Gasteiger partial charge in [0.2, 0.25) is 5.91 Å². The van der Waals surface area contributed by atoms with Crippen LogP contribution in [0.25, 0.3) is 0 Å². The highest BCUT2D eigenvalue weighted by Crippen LogP contribution is 2.23. The Balaban J connectivity index is 1.55. The molecule has 2 N–H and O–H groups in total. The lowest BCUT2D eigenvalue weighted by Gasteiger charge is -2.11. The molecule has 0 aliphatic carbocycles. The van der Waals surface area contributed by atoms with E-state index in [1.165, 1.54) is 12.1 Å². The average molecular weight is 394 g/mol. The molecule has 0 atom stereocenters. The zero-order chi connectivity index (χ0) is 20.6. The third kappa shape index (κ3) is 5.97. The van der Waals surface area contributed by atoms with Crippen molar-refractivity contribution >= 4 is 17.3 Å². The van der Waals surface area contributed by atoms with Crippen molar-refractivity contribution in [1.82, 2.24) is 0 Å². The van der Waals surface area contributed by atoms with Crippen LogP contribution in [0.1, 0.15) is 11.1 Å². The van der Waals surface area contributed by atoms with Gasteiger partial charge >= 0.3 is 0 Å². The van der Waals surface area contributed by atoms with E-state index in [9.17, 15) is 9.18 Å². The molecule has 150 valence electrons. The summed E-state index contributed by atoms with van der Waals surface area (Å²) in [5.41, 5.74) is 3.27. The van der Waals surface area contributed by atoms with Crippen molar-refractivity contribution in [1.29, 1.82) is 0 Å². The minimum absolute atomic E-state index is 0.195. The van der Waals surface area contributed by atoms with Crippen molar-refractivity contribution in [2.75, 3.05) is 24.9 Å². The second kappa shape index (κ2) is 9.59. The van der Waals surface area contributed by atoms with Gasteiger partial charge in [-0.3, -0.25) is 4.79 Å². The van der Waals surface area contributed by atoms with Gasteiger partial charge in [0.15, 0.2) is 0 Å². The van der Waals surface area contributed by atoms with Gasteiger partial charge in [0.05, 0.1) is 20.6 Å². The highest BCUT2D eigenvalue weighted by molar-refractivity contribution is 5.92. The molecular formula is C23H23FN2O3. The van der Waals surface area contributed by atoms with E-state index in [0.717, 1.165) is 28.3 Å². The molecule has 3 aromatic carbocycles. The molecule has 0 aliphatic heterocycles. The number of ether oxygens (including phenoxy) is 2. The van der Waals surface area contributed by atoms with Gasteiger partial charge in [-0.1, -0.05) is 18.2 Å². The van der Waals surface area contributed by atoms with Gasteiger partial charge in [0.25, 0.3) is 0 Å². The third-order valence-electron chi connectivity index (χ3n) is 4.33. The number of anilines is 2. The number of methoxy groups -OCH3 is 2. The fourth-order valence-corrected chi connectivity index (χ4v) is 2.87. The average Bonchev–Trinajstić information content (AvgIpc) is 2.73. The highest BCUT2D eigenvalue weighted by Gasteiger charge is 2.06. The van der Waals surface area contributed by atoms with Crippen molar-refractivity contribution in [3.05, 3.63) is 83.7 Å². The van der Waals surface area contributed by atoms with E-state index < -0.39 is 0 Å². The molecule has 5 nitrogen and oxygen atoms in total. The first-order chi connectivity index (χ1) is 14.1. The normalized spacial score (nSPS) is 10.3. The van der Waals surface area contributed by atoms with Crippen molar-refractivity contribution in [3.63, 3.8) is 0 Å². The number of hydrogen-bond donors (Lipinski definition) is 2. The lowest BCUT2D eigenvalue weighted by Crippen LogP contribution is -2.14. The molecule has 0 radical (unpaired) electrons. The van der Waals surface area contributed by atoms with E-state index >= 15 is 0 Å². The van der Waals surface area contributed by atoms with Crippen LogP contribution in [0.4, 0.5) is 15.8 Å². The van der Waals surface area contributed by atoms with Crippen LogP contribution in [-0.4, -0.2) is 20.1 Å². The molecule has 0 unspecified atom stereocenters. The Morgan fingerprint density at radius 2 is 1.55 bits per heavy atom. The topological polar surface area (TPSA) is 59.6 Å². The molecule has 0 saturated carbocycles. The van der Waals surface area contributed by atoms with Crippen LogP contribution in [0, 0.1) is 5.82 Å². The molecular weight excluding hydrogens is 371 g/mol. The highest BCUT2D eigenvalue weighted by atomic mass is 19.1. The van der Waals surface area contributed by atoms with Crippen molar-refractivity contribution in [3.8, 4) is 11.5 Å². The summed E-state index contributed by atoms with van der Waals surface area (Å²) in [5, 5.41) is 6.03. The summed E-state index contributed by atoms with van der Waals surface area (Å²) < 4.78 is 23.8. The number of nitrogens with one attached hydrogen (secondary N) is 2. The molecule has 0 heterocycles. The Hall–Kier alpha value is -3.54. The number of halogens is 1. The van der Waals surface area contributed by atoms with Gasteiger partial charge in [-0.05, 0) is 53.6 Å². The van der Waals surface area contributed by atoms with Crippen molar-refractivity contribution < 1.29 is 18.7 Å². The lowest BCUT2D eigenvalue weighted by molar-refractivity contribution is -0.115. The zero-order valence-corrected chi connectivity index (χ0v) is 16.4. The first-order valence-corrected chi connectivity index (χ1v) is 9.16. The third-order valence-corrected chi connectivity index (χ3v) is 4.33. The maximum atomic E-state index is 13.2. The van der Waals surface area contributed by atoms with E-state index in [0.29, 0.717) is 12.2 Å². The lowest BCUT2D eigenvalue weighted by atomic mass is 10.1. The van der Waals surface area contributed by atoms with Gasteiger partial charge in [-0.25, -0.2) is 4.39 Å². The summed E-state index contributed by atoms with van der Waals surface area (Å²) in [6.45, 7) is 0.604. The first kappa shape index (κ1) is 20.2. The summed E-state index contributed by atoms with van der Waals surface area (Å²) in [5.74, 6) is 0.897. The van der Waals surface area contributed by atoms with Crippen molar-refractivity contribution in [2.24, 2.45) is 0 Å². The van der Waals surface area contributed by atoms with Crippen LogP contribution in [0.3, 0.4) is 0 Å². The van der Waals surface area contributed by atoms with E-state index in [1.807, 2.05) is 42.5 Å². The number of amides is 1. The molecule has 0 spiro atoms. The van der Waals surface area contributed by atoms with E-state index in [1.54, 1.807) is 26.4 Å². The van der Waals surface area contributed by atoms with Gasteiger partial charge in [-0.2, -0.15) is 0 Å². The Bertz CT molecular complexity index is 952. The molecule has 0 aromatic heterocycles. The fourth-order valence-electron chi connectivity index (χ4n) is 2.87. The predicted molar refractivity (Wildman–Crippen MR) is 112 cm³/mol. The fraction of sp³-hybridized carbons (Fsp3) is 0.174. The van der Waals surface area contributed by atoms with Crippen LogP contribution in [-0.2, 0) is 17.8 Å². The largest absolute Gasteiger partial charge is 0.497 e. The van der Waals surface area contributed by atoms with E-state index in [4.69, 9.17) is 9.47 Å². The number of hydrogen-bond acceptors (Lipinski definition) is 4. The van der Waals surface area contributed by atoms with E-state index in [-0.39, 0.29) is 18.1 Å². The summed E-state index contributed by atoms with van der Waals surface area (Å²) >= 11 is 0. The maximum Gasteiger partial charge on any atom is 0.228 e. The Morgan fingerprint density at radius 1 is 0.862 bits per heavy atom. The van der Waals surface area contributed by atoms with Crippen LogP contribution in [0.2, 0.25) is 0 Å². The van der Waals surface area contributed by atoms with Gasteiger partial charge in [-0.15, -0.1) is 0 Å². The van der Waals surface area contributed by atoms with Gasteiger partial charge in [0, 0.05) is 24.0 Å². The Kier molecular flexibility index (Phi) is 6.68. The molecule has 29 heavy (non-hydrogen) atoms. The zero-order valence-electron chi connectivity index (χ0n) is 16.4. The molecule has 3 rings (SSSR count). The van der Waals surface area contributed by atoms with Gasteiger partial charge < -0.3 is 20.1 Å². The smallest absolute Gasteiger partial charge is 0.228 e. The number of benzene rings is 3. The van der Waals surface area contributed by atoms with Crippen LogP contribution >= 0.6 is 0 Å². The molecule has 6 heteroatoms. The SMILES string of the molecule is COc1cc(CNc2ccc(CC(=O)Nc3cccc(F)c3)cc2)cc(OC)c1. The molecule has 3 aromatic rings. The second-order valence-electron chi connectivity index (χ2n) is 6.51. The summed E-state index contributed by atoms with van der Waals surface area (Å²) in [4.78, 5) is 12.1. The molecule has 1 amide bonds. The first-order valence-electron chi connectivity index (χ1n) is 9.16. The van der Waals surface area contributed by atoms with Crippen molar-refractivity contribution in [2.45, 2.75) is 13.0 Å². The summed E-state index contributed by atoms with van der Waals surface area (Å²) in [6, 6.07) is 19.2. The summed E-state index contributed by atoms with van der Waals surface area (Å²) in [7, 11) is 3.24. The van der Waals surface area contributed by atoms with Crippen LogP contribution in [0.15, 0.2) is 66.7 Å². The second-order valence-corrected chi connectivity index (χ2v) is 6.51. The minimum Gasteiger partial charge on any atom is -0.497 e. The summed E-state index contributed by atoms with van der Waals surface area (Å²) in [6.07, 6.45) is 0.212. The number of carbonyl (C=O) groups excluding carboxylic acids is 1.